The Hall–Kier alpha value is -2.53. The summed E-state index contributed by atoms with van der Waals surface area (Å²) in [5, 5.41) is 0. The molecule has 0 bridgehead atoms. The molecule has 1 heterocycles. The maximum Gasteiger partial charge on any atom is 0.303 e. The Morgan fingerprint density at radius 2 is 1.82 bits per heavy atom. The molecule has 0 radical (unpaired) electrons. The monoisotopic (exact) mass is 299 g/mol. The first-order valence-electron chi connectivity index (χ1n) is 7.07. The largest absolute Gasteiger partial charge is 0.316 e. The van der Waals surface area contributed by atoms with Gasteiger partial charge < -0.3 is 4.90 Å². The third-order valence-electron chi connectivity index (χ3n) is 3.71. The highest BCUT2D eigenvalue weighted by atomic mass is 19.1. The van der Waals surface area contributed by atoms with Gasteiger partial charge in [-0.3, -0.25) is 14.5 Å². The van der Waals surface area contributed by atoms with E-state index < -0.39 is 17.5 Å². The van der Waals surface area contributed by atoms with E-state index in [-0.39, 0.29) is 5.56 Å². The van der Waals surface area contributed by atoms with Gasteiger partial charge in [-0.2, -0.15) is 0 Å². The molecule has 1 aliphatic heterocycles. The lowest BCUT2D eigenvalue weighted by atomic mass is 10.1. The molecule has 1 unspecified atom stereocenters. The lowest BCUT2D eigenvalue weighted by molar-refractivity contribution is -0.892. The van der Waals surface area contributed by atoms with Crippen molar-refractivity contribution in [3.63, 3.8) is 0 Å². The smallest absolute Gasteiger partial charge is 0.303 e. The molecule has 0 fully saturated rings. The first-order chi connectivity index (χ1) is 10.6. The summed E-state index contributed by atoms with van der Waals surface area (Å²) in [6, 6.07) is 13.8. The van der Waals surface area contributed by atoms with Crippen LogP contribution in [0.15, 0.2) is 48.5 Å². The summed E-state index contributed by atoms with van der Waals surface area (Å²) in [7, 11) is 1.95. The van der Waals surface area contributed by atoms with E-state index in [4.69, 9.17) is 0 Å². The quantitative estimate of drug-likeness (QED) is 0.857. The van der Waals surface area contributed by atoms with E-state index in [1.54, 1.807) is 0 Å². The van der Waals surface area contributed by atoms with Gasteiger partial charge in [0.2, 0.25) is 0 Å². The molecule has 112 valence electrons. The molecule has 1 N–H and O–H groups in total. The number of Topliss-reactive ketones (excluding diaryl/α,β-unsaturated/α-hetero) is 1. The zero-order chi connectivity index (χ0) is 15.7. The zero-order valence-corrected chi connectivity index (χ0v) is 12.2. The number of nitrogens with one attached hydrogen (secondary N) is 1. The summed E-state index contributed by atoms with van der Waals surface area (Å²) in [6.07, 6.45) is 0. The number of amides is 1. The van der Waals surface area contributed by atoms with Crippen molar-refractivity contribution in [2.75, 3.05) is 18.6 Å². The van der Waals surface area contributed by atoms with Gasteiger partial charge in [-0.1, -0.05) is 30.3 Å². The van der Waals surface area contributed by atoms with E-state index in [0.717, 1.165) is 23.1 Å². The molecule has 2 aromatic carbocycles. The van der Waals surface area contributed by atoms with E-state index in [2.05, 4.69) is 0 Å². The fourth-order valence-electron chi connectivity index (χ4n) is 2.70. The van der Waals surface area contributed by atoms with Crippen LogP contribution in [0.25, 0.3) is 0 Å². The van der Waals surface area contributed by atoms with Crippen molar-refractivity contribution in [1.82, 2.24) is 0 Å². The molecule has 4 nitrogen and oxygen atoms in total. The predicted octanol–water partition coefficient (Wildman–Crippen LogP) is 1.03. The Labute approximate surface area is 127 Å². The SMILES string of the molecule is C[NH+](Cc1ccccc1)CN1C(=O)C(=O)c2cc(F)ccc21. The molecule has 0 saturated heterocycles. The molecule has 0 aromatic heterocycles. The lowest BCUT2D eigenvalue weighted by Gasteiger charge is -2.21. The van der Waals surface area contributed by atoms with E-state index in [1.165, 1.54) is 17.0 Å². The number of carbonyl (C=O) groups excluding carboxylic acids is 2. The fraction of sp³-hybridized carbons (Fsp3) is 0.176. The Kier molecular flexibility index (Phi) is 3.73. The normalized spacial score (nSPS) is 15.1. The second-order valence-electron chi connectivity index (χ2n) is 5.50. The number of carbonyl (C=O) groups is 2. The minimum Gasteiger partial charge on any atom is -0.316 e. The van der Waals surface area contributed by atoms with Gasteiger partial charge >= 0.3 is 5.91 Å². The van der Waals surface area contributed by atoms with Gasteiger partial charge in [0.1, 0.15) is 12.4 Å². The van der Waals surface area contributed by atoms with Crippen LogP contribution < -0.4 is 9.80 Å². The minimum atomic E-state index is -0.637. The zero-order valence-electron chi connectivity index (χ0n) is 12.2. The second-order valence-corrected chi connectivity index (χ2v) is 5.50. The first-order valence-corrected chi connectivity index (χ1v) is 7.07. The van der Waals surface area contributed by atoms with Crippen molar-refractivity contribution in [1.29, 1.82) is 0 Å². The van der Waals surface area contributed by atoms with Crippen LogP contribution in [0.2, 0.25) is 0 Å². The van der Waals surface area contributed by atoms with E-state index in [0.29, 0.717) is 12.4 Å². The number of fused-ring (bicyclic) bond motifs is 1. The molecule has 0 spiro atoms. The van der Waals surface area contributed by atoms with Crippen LogP contribution in [0.1, 0.15) is 15.9 Å². The number of hydrogen-bond donors (Lipinski definition) is 1. The van der Waals surface area contributed by atoms with Gasteiger partial charge in [0, 0.05) is 5.56 Å². The van der Waals surface area contributed by atoms with Crippen LogP contribution in [0.5, 0.6) is 0 Å². The van der Waals surface area contributed by atoms with Gasteiger partial charge in [-0.15, -0.1) is 0 Å². The highest BCUT2D eigenvalue weighted by Crippen LogP contribution is 2.28. The summed E-state index contributed by atoms with van der Waals surface area (Å²) < 4.78 is 13.3. The third-order valence-corrected chi connectivity index (χ3v) is 3.71. The van der Waals surface area contributed by atoms with Crippen LogP contribution in [0, 0.1) is 5.82 Å². The van der Waals surface area contributed by atoms with Crippen LogP contribution in [0.4, 0.5) is 10.1 Å². The molecule has 1 amide bonds. The first kappa shape index (κ1) is 14.4. The summed E-state index contributed by atoms with van der Waals surface area (Å²) in [6.45, 7) is 1.09. The third kappa shape index (κ3) is 2.63. The number of ketones is 1. The number of benzene rings is 2. The molecule has 1 aliphatic rings. The standard InChI is InChI=1S/C17H15FN2O2/c1-19(10-12-5-3-2-4-6-12)11-20-15-8-7-13(18)9-14(15)16(21)17(20)22/h2-9H,10-11H2,1H3/p+1. The number of hydrogen-bond acceptors (Lipinski definition) is 2. The van der Waals surface area contributed by atoms with Crippen LogP contribution >= 0.6 is 0 Å². The summed E-state index contributed by atoms with van der Waals surface area (Å²) >= 11 is 0. The van der Waals surface area contributed by atoms with Gasteiger partial charge in [-0.05, 0) is 18.2 Å². The number of halogens is 1. The number of nitrogens with zero attached hydrogens (tertiary/aromatic N) is 1. The highest BCUT2D eigenvalue weighted by Gasteiger charge is 2.37. The van der Waals surface area contributed by atoms with Gasteiger partial charge in [-0.25, -0.2) is 4.39 Å². The molecule has 0 saturated carbocycles. The maximum atomic E-state index is 13.3. The molecule has 0 aliphatic carbocycles. The van der Waals surface area contributed by atoms with E-state index in [1.807, 2.05) is 37.4 Å². The summed E-state index contributed by atoms with van der Waals surface area (Å²) in [4.78, 5) is 26.5. The van der Waals surface area contributed by atoms with E-state index >= 15 is 0 Å². The van der Waals surface area contributed by atoms with Crippen molar-refractivity contribution in [3.05, 3.63) is 65.5 Å². The average Bonchev–Trinajstić information content (AvgIpc) is 2.73. The number of rotatable bonds is 4. The lowest BCUT2D eigenvalue weighted by Crippen LogP contribution is -3.09. The average molecular weight is 299 g/mol. The van der Waals surface area contributed by atoms with E-state index in [9.17, 15) is 14.0 Å². The summed E-state index contributed by atoms with van der Waals surface area (Å²) in [5.74, 6) is -1.73. The highest BCUT2D eigenvalue weighted by molar-refractivity contribution is 6.52. The van der Waals surface area contributed by atoms with Gasteiger partial charge in [0.05, 0.1) is 18.3 Å². The molecular formula is C17H16FN2O2+. The van der Waals surface area contributed by atoms with Crippen molar-refractivity contribution in [2.24, 2.45) is 0 Å². The topological polar surface area (TPSA) is 41.8 Å². The van der Waals surface area contributed by atoms with Crippen LogP contribution in [0.3, 0.4) is 0 Å². The molecule has 3 rings (SSSR count). The minimum absolute atomic E-state index is 0.150. The number of quaternary nitrogens is 1. The Morgan fingerprint density at radius 1 is 1.09 bits per heavy atom. The van der Waals surface area contributed by atoms with Gasteiger partial charge in [0.25, 0.3) is 5.78 Å². The van der Waals surface area contributed by atoms with Crippen LogP contribution in [-0.4, -0.2) is 25.4 Å². The predicted molar refractivity (Wildman–Crippen MR) is 80.1 cm³/mol. The molecule has 2 aromatic rings. The molecule has 22 heavy (non-hydrogen) atoms. The summed E-state index contributed by atoms with van der Waals surface area (Å²) in [5.41, 5.74) is 1.79. The molecule has 1 atom stereocenters. The fourth-order valence-corrected chi connectivity index (χ4v) is 2.70. The van der Waals surface area contributed by atoms with Gasteiger partial charge in [0.15, 0.2) is 6.67 Å². The Balaban J connectivity index is 1.78. The van der Waals surface area contributed by atoms with Crippen molar-refractivity contribution >= 4 is 17.4 Å². The Morgan fingerprint density at radius 3 is 2.55 bits per heavy atom. The van der Waals surface area contributed by atoms with Crippen molar-refractivity contribution < 1.29 is 18.9 Å². The Bertz CT molecular complexity index is 731. The maximum absolute atomic E-state index is 13.3. The molecular weight excluding hydrogens is 283 g/mol. The van der Waals surface area contributed by atoms with Crippen LogP contribution in [-0.2, 0) is 11.3 Å². The second kappa shape index (κ2) is 5.69. The molecule has 5 heteroatoms. The van der Waals surface area contributed by atoms with Crippen molar-refractivity contribution in [3.8, 4) is 0 Å². The number of anilines is 1. The van der Waals surface area contributed by atoms with Crippen molar-refractivity contribution in [2.45, 2.75) is 6.54 Å².